The van der Waals surface area contributed by atoms with E-state index in [-0.39, 0.29) is 18.8 Å². The lowest BCUT2D eigenvalue weighted by atomic mass is 9.94. The summed E-state index contributed by atoms with van der Waals surface area (Å²) < 4.78 is 16.0. The van der Waals surface area contributed by atoms with Gasteiger partial charge in [-0.25, -0.2) is 9.78 Å². The first kappa shape index (κ1) is 25.6. The van der Waals surface area contributed by atoms with Crippen molar-refractivity contribution in [2.24, 2.45) is 0 Å². The number of aliphatic hydroxyl groups is 1. The summed E-state index contributed by atoms with van der Waals surface area (Å²) in [5.74, 6) is 0.800. The van der Waals surface area contributed by atoms with Crippen molar-refractivity contribution < 1.29 is 23.8 Å². The fraction of sp³-hybridized carbons (Fsp3) is 0.560. The molecule has 3 heterocycles. The van der Waals surface area contributed by atoms with Crippen LogP contribution in [0.15, 0.2) is 27.6 Å². The van der Waals surface area contributed by atoms with Gasteiger partial charge in [0.2, 0.25) is 0 Å². The largest absolute Gasteiger partial charge is 0.467 e. The topological polar surface area (TPSA) is 118 Å². The molecule has 4 rings (SSSR count). The second-order valence-corrected chi connectivity index (χ2v) is 9.94. The molecule has 1 saturated carbocycles. The number of rotatable bonds is 11. The Bertz CT molecular complexity index is 1170. The lowest BCUT2D eigenvalue weighted by Gasteiger charge is -2.35. The van der Waals surface area contributed by atoms with Gasteiger partial charge in [0.05, 0.1) is 37.5 Å². The fourth-order valence-corrected chi connectivity index (χ4v) is 5.74. The van der Waals surface area contributed by atoms with Crippen molar-refractivity contribution in [1.82, 2.24) is 14.9 Å². The van der Waals surface area contributed by atoms with Crippen LogP contribution in [0.5, 0.6) is 0 Å². The highest BCUT2D eigenvalue weighted by molar-refractivity contribution is 7.20. The van der Waals surface area contributed by atoms with Gasteiger partial charge in [0.1, 0.15) is 27.9 Å². The molecule has 1 aliphatic carbocycles. The van der Waals surface area contributed by atoms with Crippen LogP contribution in [0.3, 0.4) is 0 Å². The molecule has 3 aromatic heterocycles. The minimum absolute atomic E-state index is 0.180. The molecule has 0 radical (unpaired) electrons. The molecule has 10 heteroatoms. The third-order valence-corrected chi connectivity index (χ3v) is 7.50. The summed E-state index contributed by atoms with van der Waals surface area (Å²) in [5, 5.41) is 11.1. The van der Waals surface area contributed by atoms with Crippen LogP contribution in [0.4, 0.5) is 0 Å². The Labute approximate surface area is 208 Å². The highest BCUT2D eigenvalue weighted by atomic mass is 32.1. The molecule has 9 nitrogen and oxygen atoms in total. The van der Waals surface area contributed by atoms with Crippen molar-refractivity contribution in [3.8, 4) is 0 Å². The van der Waals surface area contributed by atoms with E-state index in [1.54, 1.807) is 26.2 Å². The van der Waals surface area contributed by atoms with E-state index < -0.39 is 12.1 Å². The minimum Gasteiger partial charge on any atom is -0.467 e. The Hall–Kier alpha value is -2.53. The highest BCUT2D eigenvalue weighted by Gasteiger charge is 2.26. The monoisotopic (exact) mass is 503 g/mol. The average Bonchev–Trinajstić information content (AvgIpc) is 3.47. The Balaban J connectivity index is 1.49. The van der Waals surface area contributed by atoms with E-state index >= 15 is 0 Å². The van der Waals surface area contributed by atoms with E-state index in [4.69, 9.17) is 13.9 Å². The molecule has 190 valence electrons. The van der Waals surface area contributed by atoms with Gasteiger partial charge in [0.15, 0.2) is 0 Å². The van der Waals surface area contributed by atoms with Gasteiger partial charge in [0.25, 0.3) is 5.56 Å². The maximum atomic E-state index is 12.9. The number of aryl methyl sites for hydroxylation is 1. The lowest BCUT2D eigenvalue weighted by molar-refractivity contribution is -0.00766. The van der Waals surface area contributed by atoms with Gasteiger partial charge in [-0.1, -0.05) is 19.3 Å². The van der Waals surface area contributed by atoms with Gasteiger partial charge in [-0.15, -0.1) is 11.3 Å². The number of carbonyl (C=O) groups excluding carboxylic acids is 1. The van der Waals surface area contributed by atoms with Crippen molar-refractivity contribution >= 4 is 27.5 Å². The number of H-pyrrole nitrogens is 1. The molecule has 0 unspecified atom stereocenters. The molecular formula is C25H33N3O6S. The van der Waals surface area contributed by atoms with E-state index in [2.05, 4.69) is 14.9 Å². The molecule has 0 spiro atoms. The number of aromatic amines is 1. The summed E-state index contributed by atoms with van der Waals surface area (Å²) in [6, 6.07) is 3.93. The first-order valence-corrected chi connectivity index (χ1v) is 13.0. The van der Waals surface area contributed by atoms with Crippen molar-refractivity contribution in [3.63, 3.8) is 0 Å². The maximum Gasteiger partial charge on any atom is 0.348 e. The Morgan fingerprint density at radius 2 is 2.17 bits per heavy atom. The predicted octanol–water partition coefficient (Wildman–Crippen LogP) is 3.78. The Morgan fingerprint density at radius 3 is 2.89 bits per heavy atom. The van der Waals surface area contributed by atoms with E-state index in [9.17, 15) is 14.7 Å². The third-order valence-electron chi connectivity index (χ3n) is 6.33. The number of nitrogens with zero attached hydrogens (tertiary/aromatic N) is 2. The summed E-state index contributed by atoms with van der Waals surface area (Å²) in [6.45, 7) is 5.05. The van der Waals surface area contributed by atoms with Gasteiger partial charge in [-0.05, 0) is 44.4 Å². The highest BCUT2D eigenvalue weighted by Crippen LogP contribution is 2.28. The van der Waals surface area contributed by atoms with E-state index in [0.29, 0.717) is 58.0 Å². The zero-order chi connectivity index (χ0) is 24.8. The third kappa shape index (κ3) is 6.38. The van der Waals surface area contributed by atoms with Crippen LogP contribution in [0.2, 0.25) is 0 Å². The SMILES string of the molecule is CCOC(=O)c1sc2nc(CN(C[C@@H](O)COCc3ccco3)C3CCCCC3)[nH]c(=O)c2c1C. The minimum atomic E-state index is -0.693. The Kier molecular flexibility index (Phi) is 8.72. The molecule has 1 atom stereocenters. The van der Waals surface area contributed by atoms with Crippen LogP contribution in [0, 0.1) is 6.92 Å². The number of aliphatic hydroxyl groups excluding tert-OH is 1. The molecule has 35 heavy (non-hydrogen) atoms. The molecule has 0 amide bonds. The van der Waals surface area contributed by atoms with Crippen LogP contribution in [0.1, 0.15) is 65.8 Å². The second-order valence-electron chi connectivity index (χ2n) is 8.94. The van der Waals surface area contributed by atoms with Crippen LogP contribution in [-0.4, -0.2) is 57.8 Å². The molecular weight excluding hydrogens is 470 g/mol. The normalized spacial score (nSPS) is 15.7. The van der Waals surface area contributed by atoms with Crippen molar-refractivity contribution in [2.45, 2.75) is 71.2 Å². The van der Waals surface area contributed by atoms with Crippen LogP contribution < -0.4 is 5.56 Å². The van der Waals surface area contributed by atoms with Crippen LogP contribution in [0.25, 0.3) is 10.2 Å². The van der Waals surface area contributed by atoms with Gasteiger partial charge >= 0.3 is 5.97 Å². The number of ether oxygens (including phenoxy) is 2. The van der Waals surface area contributed by atoms with Crippen molar-refractivity contribution in [2.75, 3.05) is 19.8 Å². The number of hydrogen-bond acceptors (Lipinski definition) is 9. The summed E-state index contributed by atoms with van der Waals surface area (Å²) in [6.07, 6.45) is 6.47. The molecule has 2 N–H and O–H groups in total. The van der Waals surface area contributed by atoms with Crippen molar-refractivity contribution in [1.29, 1.82) is 0 Å². The van der Waals surface area contributed by atoms with E-state index in [1.807, 2.05) is 6.07 Å². The first-order chi connectivity index (χ1) is 17.0. The van der Waals surface area contributed by atoms with Gasteiger partial charge in [0, 0.05) is 12.6 Å². The lowest BCUT2D eigenvalue weighted by Crippen LogP contribution is -2.43. The van der Waals surface area contributed by atoms with Gasteiger partial charge in [-0.3, -0.25) is 9.69 Å². The van der Waals surface area contributed by atoms with Crippen LogP contribution in [-0.2, 0) is 22.6 Å². The van der Waals surface area contributed by atoms with Crippen LogP contribution >= 0.6 is 11.3 Å². The second kappa shape index (κ2) is 11.9. The fourth-order valence-electron chi connectivity index (χ4n) is 4.65. The molecule has 1 aliphatic rings. The summed E-state index contributed by atoms with van der Waals surface area (Å²) >= 11 is 1.18. The molecule has 0 aromatic carbocycles. The molecule has 0 saturated heterocycles. The number of furan rings is 1. The van der Waals surface area contributed by atoms with Gasteiger partial charge in [-0.2, -0.15) is 0 Å². The quantitative estimate of drug-likeness (QED) is 0.380. The molecule has 0 bridgehead atoms. The number of fused-ring (bicyclic) bond motifs is 1. The van der Waals surface area contributed by atoms with Crippen molar-refractivity contribution in [3.05, 3.63) is 50.8 Å². The predicted molar refractivity (Wildman–Crippen MR) is 133 cm³/mol. The molecule has 0 aliphatic heterocycles. The van der Waals surface area contributed by atoms with E-state index in [1.165, 1.54) is 17.8 Å². The number of carbonyl (C=O) groups is 1. The summed E-state index contributed by atoms with van der Waals surface area (Å²) in [5.41, 5.74) is 0.331. The summed E-state index contributed by atoms with van der Waals surface area (Å²) in [7, 11) is 0. The maximum absolute atomic E-state index is 12.9. The standard InChI is InChI=1S/C25H33N3O6S/c1-3-33-25(31)22-16(2)21-23(30)26-20(27-24(21)35-22)13-28(17-8-5-4-6-9-17)12-18(29)14-32-15-19-10-7-11-34-19/h7,10-11,17-18,29H,3-6,8-9,12-15H2,1-2H3,(H,26,27,30)/t18-/m1/s1. The molecule has 3 aromatic rings. The summed E-state index contributed by atoms with van der Waals surface area (Å²) in [4.78, 5) is 35.9. The molecule has 1 fully saturated rings. The number of aromatic nitrogens is 2. The zero-order valence-corrected chi connectivity index (χ0v) is 21.1. The average molecular weight is 504 g/mol. The number of hydrogen-bond donors (Lipinski definition) is 2. The smallest absolute Gasteiger partial charge is 0.348 e. The Morgan fingerprint density at radius 1 is 1.37 bits per heavy atom. The number of thiophene rings is 1. The van der Waals surface area contributed by atoms with E-state index in [0.717, 1.165) is 25.7 Å². The number of esters is 1. The first-order valence-electron chi connectivity index (χ1n) is 12.2. The number of nitrogens with one attached hydrogen (secondary N) is 1. The van der Waals surface area contributed by atoms with Gasteiger partial charge < -0.3 is 24.0 Å². The zero-order valence-electron chi connectivity index (χ0n) is 20.2.